The Morgan fingerprint density at radius 2 is 2.06 bits per heavy atom. The Balaban J connectivity index is 2.60. The zero-order chi connectivity index (χ0) is 13.1. The molecular formula is C11H16N6O. The van der Waals surface area contributed by atoms with Crippen LogP contribution in [0.2, 0.25) is 0 Å². The average molecular weight is 248 g/mol. The maximum Gasteiger partial charge on any atom is 0.206 e. The first-order valence-electron chi connectivity index (χ1n) is 5.80. The highest BCUT2D eigenvalue weighted by atomic mass is 16.5. The van der Waals surface area contributed by atoms with E-state index in [4.69, 9.17) is 10.5 Å². The van der Waals surface area contributed by atoms with Crippen LogP contribution in [0, 0.1) is 0 Å². The molecule has 2 heterocycles. The third-order valence-corrected chi connectivity index (χ3v) is 2.57. The molecule has 18 heavy (non-hydrogen) atoms. The fraction of sp³-hybridized carbons (Fsp3) is 0.455. The number of nitrogens with two attached hydrogens (primary N) is 1. The van der Waals surface area contributed by atoms with Gasteiger partial charge in [0.2, 0.25) is 11.6 Å². The Labute approximate surface area is 105 Å². The monoisotopic (exact) mass is 248 g/mol. The lowest BCUT2D eigenvalue weighted by molar-refractivity contribution is 0.409. The van der Waals surface area contributed by atoms with Crippen molar-refractivity contribution in [3.05, 3.63) is 18.0 Å². The second-order valence-corrected chi connectivity index (χ2v) is 3.68. The first-order chi connectivity index (χ1) is 8.71. The van der Waals surface area contributed by atoms with Crippen LogP contribution in [0.5, 0.6) is 5.75 Å². The standard InChI is InChI=1S/C11H16N6O/c1-4-7-15-8(5-2)17(16-7)11-9(18-3)10(12)13-6-14-11/h6H,4-5H2,1-3H3,(H2,12,13,14). The molecule has 0 aliphatic heterocycles. The van der Waals surface area contributed by atoms with Gasteiger partial charge in [-0.3, -0.25) is 0 Å². The van der Waals surface area contributed by atoms with Crippen LogP contribution in [0.4, 0.5) is 5.82 Å². The molecule has 0 aliphatic carbocycles. The van der Waals surface area contributed by atoms with Crippen molar-refractivity contribution >= 4 is 5.82 Å². The number of rotatable bonds is 4. The highest BCUT2D eigenvalue weighted by Crippen LogP contribution is 2.25. The predicted molar refractivity (Wildman–Crippen MR) is 66.7 cm³/mol. The quantitative estimate of drug-likeness (QED) is 0.859. The smallest absolute Gasteiger partial charge is 0.206 e. The lowest BCUT2D eigenvalue weighted by Crippen LogP contribution is -2.09. The molecule has 0 unspecified atom stereocenters. The fourth-order valence-corrected chi connectivity index (χ4v) is 1.66. The van der Waals surface area contributed by atoms with Crippen LogP contribution in [0.15, 0.2) is 6.33 Å². The average Bonchev–Trinajstić information content (AvgIpc) is 2.81. The van der Waals surface area contributed by atoms with E-state index in [0.717, 1.165) is 24.5 Å². The van der Waals surface area contributed by atoms with Crippen molar-refractivity contribution in [2.24, 2.45) is 0 Å². The number of nitrogens with zero attached hydrogens (tertiary/aromatic N) is 5. The van der Waals surface area contributed by atoms with E-state index in [1.807, 2.05) is 13.8 Å². The number of nitrogen functional groups attached to an aromatic ring is 1. The summed E-state index contributed by atoms with van der Waals surface area (Å²) in [4.78, 5) is 12.5. The zero-order valence-corrected chi connectivity index (χ0v) is 10.7. The van der Waals surface area contributed by atoms with E-state index < -0.39 is 0 Å². The predicted octanol–water partition coefficient (Wildman–Crippen LogP) is 0.773. The number of ether oxygens (including phenoxy) is 1. The Hall–Kier alpha value is -2.18. The summed E-state index contributed by atoms with van der Waals surface area (Å²) in [6, 6.07) is 0. The Bertz CT molecular complexity index is 550. The van der Waals surface area contributed by atoms with E-state index in [1.165, 1.54) is 13.4 Å². The summed E-state index contributed by atoms with van der Waals surface area (Å²) in [5.41, 5.74) is 5.76. The van der Waals surface area contributed by atoms with Gasteiger partial charge < -0.3 is 10.5 Å². The van der Waals surface area contributed by atoms with E-state index in [9.17, 15) is 0 Å². The van der Waals surface area contributed by atoms with Gasteiger partial charge in [0.1, 0.15) is 12.2 Å². The molecule has 96 valence electrons. The molecule has 0 aliphatic rings. The van der Waals surface area contributed by atoms with Crippen LogP contribution in [-0.2, 0) is 12.8 Å². The summed E-state index contributed by atoms with van der Waals surface area (Å²) in [5, 5.41) is 4.40. The molecule has 0 amide bonds. The maximum absolute atomic E-state index is 5.76. The lowest BCUT2D eigenvalue weighted by Gasteiger charge is -2.09. The molecule has 0 saturated carbocycles. The van der Waals surface area contributed by atoms with Crippen LogP contribution in [0.1, 0.15) is 25.5 Å². The minimum absolute atomic E-state index is 0.290. The van der Waals surface area contributed by atoms with Gasteiger partial charge in [-0.2, -0.15) is 4.68 Å². The Morgan fingerprint density at radius 1 is 1.28 bits per heavy atom. The number of methoxy groups -OCH3 is 1. The van der Waals surface area contributed by atoms with Crippen molar-refractivity contribution in [2.45, 2.75) is 26.7 Å². The van der Waals surface area contributed by atoms with Crippen molar-refractivity contribution in [1.29, 1.82) is 0 Å². The first kappa shape index (κ1) is 12.3. The summed E-state index contributed by atoms with van der Waals surface area (Å²) in [5.74, 6) is 2.82. The van der Waals surface area contributed by atoms with E-state index in [2.05, 4.69) is 20.1 Å². The molecule has 2 aromatic heterocycles. The molecule has 7 nitrogen and oxygen atoms in total. The van der Waals surface area contributed by atoms with Crippen LogP contribution in [0.3, 0.4) is 0 Å². The molecule has 2 rings (SSSR count). The number of aryl methyl sites for hydroxylation is 2. The molecule has 0 bridgehead atoms. The molecule has 7 heteroatoms. The van der Waals surface area contributed by atoms with E-state index in [-0.39, 0.29) is 5.82 Å². The Morgan fingerprint density at radius 3 is 2.67 bits per heavy atom. The van der Waals surface area contributed by atoms with Crippen molar-refractivity contribution in [3.8, 4) is 11.6 Å². The van der Waals surface area contributed by atoms with Gasteiger partial charge in [-0.1, -0.05) is 13.8 Å². The zero-order valence-electron chi connectivity index (χ0n) is 10.7. The second-order valence-electron chi connectivity index (χ2n) is 3.68. The van der Waals surface area contributed by atoms with Gasteiger partial charge in [-0.05, 0) is 0 Å². The molecule has 2 N–H and O–H groups in total. The van der Waals surface area contributed by atoms with Crippen molar-refractivity contribution in [2.75, 3.05) is 12.8 Å². The van der Waals surface area contributed by atoms with Gasteiger partial charge in [0.05, 0.1) is 7.11 Å². The molecule has 0 aromatic carbocycles. The molecule has 0 atom stereocenters. The first-order valence-corrected chi connectivity index (χ1v) is 5.80. The molecule has 0 saturated heterocycles. The molecular weight excluding hydrogens is 232 g/mol. The van der Waals surface area contributed by atoms with Gasteiger partial charge in [-0.15, -0.1) is 5.10 Å². The number of aromatic nitrogens is 5. The van der Waals surface area contributed by atoms with E-state index >= 15 is 0 Å². The minimum Gasteiger partial charge on any atom is -0.490 e. The topological polar surface area (TPSA) is 91.7 Å². The van der Waals surface area contributed by atoms with Gasteiger partial charge in [-0.25, -0.2) is 15.0 Å². The summed E-state index contributed by atoms with van der Waals surface area (Å²) in [7, 11) is 1.53. The fourth-order valence-electron chi connectivity index (χ4n) is 1.66. The third kappa shape index (κ3) is 1.99. The van der Waals surface area contributed by atoms with Crippen LogP contribution < -0.4 is 10.5 Å². The normalized spacial score (nSPS) is 10.6. The molecule has 0 spiro atoms. The molecule has 0 fully saturated rings. The SMILES string of the molecule is CCc1nc(CC)n(-c2ncnc(N)c2OC)n1. The third-order valence-electron chi connectivity index (χ3n) is 2.57. The number of anilines is 1. The largest absolute Gasteiger partial charge is 0.490 e. The van der Waals surface area contributed by atoms with E-state index in [0.29, 0.717) is 11.6 Å². The minimum atomic E-state index is 0.290. The maximum atomic E-state index is 5.76. The van der Waals surface area contributed by atoms with Gasteiger partial charge in [0, 0.05) is 12.8 Å². The summed E-state index contributed by atoms with van der Waals surface area (Å²) in [6.45, 7) is 4.02. The lowest BCUT2D eigenvalue weighted by atomic mass is 10.4. The molecule has 2 aromatic rings. The summed E-state index contributed by atoms with van der Waals surface area (Å²) in [6.07, 6.45) is 2.91. The van der Waals surface area contributed by atoms with Gasteiger partial charge in [0.25, 0.3) is 0 Å². The number of hydrogen-bond donors (Lipinski definition) is 1. The highest BCUT2D eigenvalue weighted by molar-refractivity contribution is 5.54. The molecule has 0 radical (unpaired) electrons. The number of hydrogen-bond acceptors (Lipinski definition) is 6. The van der Waals surface area contributed by atoms with Gasteiger partial charge >= 0.3 is 0 Å². The highest BCUT2D eigenvalue weighted by Gasteiger charge is 2.17. The van der Waals surface area contributed by atoms with Crippen LogP contribution in [-0.4, -0.2) is 31.8 Å². The van der Waals surface area contributed by atoms with E-state index in [1.54, 1.807) is 4.68 Å². The van der Waals surface area contributed by atoms with Crippen LogP contribution in [0.25, 0.3) is 5.82 Å². The summed E-state index contributed by atoms with van der Waals surface area (Å²) >= 11 is 0. The second kappa shape index (κ2) is 4.99. The van der Waals surface area contributed by atoms with Crippen LogP contribution >= 0.6 is 0 Å². The van der Waals surface area contributed by atoms with Crippen molar-refractivity contribution in [1.82, 2.24) is 24.7 Å². The van der Waals surface area contributed by atoms with Gasteiger partial charge in [0.15, 0.2) is 11.6 Å². The van der Waals surface area contributed by atoms with Crippen molar-refractivity contribution < 1.29 is 4.74 Å². The Kier molecular flexibility index (Phi) is 3.40. The van der Waals surface area contributed by atoms with Crippen molar-refractivity contribution in [3.63, 3.8) is 0 Å². The summed E-state index contributed by atoms with van der Waals surface area (Å²) < 4.78 is 6.90.